The van der Waals surface area contributed by atoms with Crippen LogP contribution in [0.1, 0.15) is 89.8 Å². The fourth-order valence-electron chi connectivity index (χ4n) is 4.10. The molecule has 0 spiro atoms. The first-order chi connectivity index (χ1) is 20.5. The van der Waals surface area contributed by atoms with Crippen LogP contribution in [0.5, 0.6) is 0 Å². The van der Waals surface area contributed by atoms with Gasteiger partial charge in [-0.05, 0) is 25.7 Å². The second-order valence-electron chi connectivity index (χ2n) is 11.0. The highest BCUT2D eigenvalue weighted by Crippen LogP contribution is 2.32. The molecule has 1 aliphatic rings. The quantitative estimate of drug-likeness (QED) is 0.110. The number of aliphatic hydroxyl groups is 1. The number of aromatic nitrogens is 1. The summed E-state index contributed by atoms with van der Waals surface area (Å²) in [6.45, 7) is 7.76. The molecule has 0 aromatic carbocycles. The number of nitrogens with zero attached hydrogens (tertiary/aromatic N) is 2. The van der Waals surface area contributed by atoms with Gasteiger partial charge in [0.1, 0.15) is 27.3 Å². The second kappa shape index (κ2) is 19.2. The predicted octanol–water partition coefficient (Wildman–Crippen LogP) is 4.64. The van der Waals surface area contributed by atoms with Gasteiger partial charge in [-0.1, -0.05) is 70.4 Å². The summed E-state index contributed by atoms with van der Waals surface area (Å²) in [4.78, 5) is 58.5. The first-order valence-electron chi connectivity index (χ1n) is 14.8. The molecule has 1 aliphatic heterocycles. The van der Waals surface area contributed by atoms with Crippen molar-refractivity contribution in [2.45, 2.75) is 103 Å². The van der Waals surface area contributed by atoms with Gasteiger partial charge in [-0.25, -0.2) is 9.78 Å². The summed E-state index contributed by atoms with van der Waals surface area (Å²) in [5, 5.41) is 19.1. The molecule has 1 aromatic heterocycles. The van der Waals surface area contributed by atoms with Gasteiger partial charge in [0.15, 0.2) is 5.12 Å². The molecular formula is C30H46N4O6S3. The Bertz CT molecular complexity index is 1140. The summed E-state index contributed by atoms with van der Waals surface area (Å²) in [6, 6.07) is -0.758. The Balaban J connectivity index is 1.74. The highest BCUT2D eigenvalue weighted by atomic mass is 32.2. The summed E-state index contributed by atoms with van der Waals surface area (Å²) in [5.74, 6) is -0.222. The number of carbonyl (C=O) groups excluding carboxylic acids is 4. The molecule has 0 fully saturated rings. The number of nitrogens with one attached hydrogen (secondary N) is 2. The van der Waals surface area contributed by atoms with E-state index in [1.807, 2.05) is 19.2 Å². The third-order valence-electron chi connectivity index (χ3n) is 6.73. The van der Waals surface area contributed by atoms with E-state index in [9.17, 15) is 24.3 Å². The first-order valence-corrected chi connectivity index (χ1v) is 17.7. The van der Waals surface area contributed by atoms with Crippen LogP contribution in [0.25, 0.3) is 0 Å². The molecule has 3 atom stereocenters. The highest BCUT2D eigenvalue weighted by molar-refractivity contribution is 8.14. The van der Waals surface area contributed by atoms with E-state index >= 15 is 0 Å². The van der Waals surface area contributed by atoms with Gasteiger partial charge in [0.25, 0.3) is 0 Å². The van der Waals surface area contributed by atoms with Crippen LogP contribution >= 0.6 is 34.9 Å². The number of amides is 2. The minimum absolute atomic E-state index is 0.0719. The minimum atomic E-state index is -1.05. The lowest BCUT2D eigenvalue weighted by Crippen LogP contribution is -2.52. The van der Waals surface area contributed by atoms with Gasteiger partial charge in [-0.2, -0.15) is 0 Å². The normalized spacial score (nSPS) is 18.0. The Morgan fingerprint density at radius 2 is 1.95 bits per heavy atom. The zero-order valence-corrected chi connectivity index (χ0v) is 28.3. The topological polar surface area (TPSA) is 147 Å². The van der Waals surface area contributed by atoms with Gasteiger partial charge in [-0.15, -0.1) is 23.1 Å². The third-order valence-corrected chi connectivity index (χ3v) is 9.82. The summed E-state index contributed by atoms with van der Waals surface area (Å²) >= 11 is 4.11. The number of aliphatic imine (C=N–C) groups is 1. The van der Waals surface area contributed by atoms with Gasteiger partial charge in [0.05, 0.1) is 26.2 Å². The molecule has 2 heterocycles. The van der Waals surface area contributed by atoms with Crippen molar-refractivity contribution in [1.82, 2.24) is 15.6 Å². The molecule has 10 nitrogen and oxygen atoms in total. The highest BCUT2D eigenvalue weighted by Gasteiger charge is 2.41. The van der Waals surface area contributed by atoms with Crippen LogP contribution in [0.3, 0.4) is 0 Å². The monoisotopic (exact) mass is 654 g/mol. The lowest BCUT2D eigenvalue weighted by Gasteiger charge is -2.25. The summed E-state index contributed by atoms with van der Waals surface area (Å²) in [6.07, 6.45) is 9.33. The molecule has 13 heteroatoms. The molecular weight excluding hydrogens is 609 g/mol. The molecule has 43 heavy (non-hydrogen) atoms. The SMILES string of the molecule is CCCCCCCC(=O)SCC/C=C/[C@@H](O)CC(=O)NCc1nc(C2=N[C@](C)(C(=O)N[C@H](C(=O)OC)C(C)C)CS2)cs1. The number of aliphatic hydroxyl groups excluding tert-OH is 1. The average molecular weight is 655 g/mol. The van der Waals surface area contributed by atoms with Gasteiger partial charge in [0, 0.05) is 23.3 Å². The number of hydrogen-bond acceptors (Lipinski definition) is 11. The van der Waals surface area contributed by atoms with Crippen molar-refractivity contribution < 1.29 is 29.0 Å². The first kappa shape index (κ1) is 37.0. The zero-order valence-electron chi connectivity index (χ0n) is 25.8. The maximum absolute atomic E-state index is 13.0. The molecule has 0 bridgehead atoms. The number of methoxy groups -OCH3 is 1. The lowest BCUT2D eigenvalue weighted by atomic mass is 10.0. The maximum atomic E-state index is 13.0. The van der Waals surface area contributed by atoms with Crippen LogP contribution in [-0.4, -0.2) is 74.3 Å². The van der Waals surface area contributed by atoms with E-state index in [2.05, 4.69) is 27.5 Å². The molecule has 0 saturated heterocycles. The van der Waals surface area contributed by atoms with E-state index in [1.165, 1.54) is 61.2 Å². The molecule has 2 rings (SSSR count). The van der Waals surface area contributed by atoms with E-state index < -0.39 is 23.7 Å². The predicted molar refractivity (Wildman–Crippen MR) is 175 cm³/mol. The molecule has 0 saturated carbocycles. The standard InChI is InChI=1S/C30H46N4O6S3/c1-6-7-8-9-10-14-25(37)41-15-12-11-13-21(35)16-23(36)31-17-24-32-22(18-42-24)27-34-30(4,19-43-27)29(39)33-26(20(2)3)28(38)40-5/h11,13,18,20-21,26,35H,6-10,12,14-17,19H2,1-5H3,(H,31,36)(H,33,39)/b13-11+/t21-,26+,30+/m1/s1. The Morgan fingerprint density at radius 1 is 1.21 bits per heavy atom. The van der Waals surface area contributed by atoms with Gasteiger partial charge >= 0.3 is 5.97 Å². The zero-order chi connectivity index (χ0) is 31.8. The Hall–Kier alpha value is -2.22. The largest absolute Gasteiger partial charge is 0.467 e. The number of esters is 1. The van der Waals surface area contributed by atoms with Crippen molar-refractivity contribution in [2.24, 2.45) is 10.9 Å². The number of carbonyl (C=O) groups is 4. The van der Waals surface area contributed by atoms with Crippen molar-refractivity contribution >= 4 is 62.8 Å². The van der Waals surface area contributed by atoms with Crippen molar-refractivity contribution in [3.63, 3.8) is 0 Å². The third kappa shape index (κ3) is 13.1. The molecule has 0 unspecified atom stereocenters. The van der Waals surface area contributed by atoms with Crippen LogP contribution in [0.4, 0.5) is 0 Å². The van der Waals surface area contributed by atoms with Gasteiger partial charge in [0.2, 0.25) is 11.8 Å². The summed E-state index contributed by atoms with van der Waals surface area (Å²) < 4.78 is 4.81. The van der Waals surface area contributed by atoms with E-state index in [4.69, 9.17) is 4.74 Å². The Kier molecular flexibility index (Phi) is 16.5. The smallest absolute Gasteiger partial charge is 0.328 e. The number of allylic oxidation sites excluding steroid dienone is 1. The molecule has 1 aromatic rings. The average Bonchev–Trinajstić information content (AvgIpc) is 3.61. The second-order valence-corrected chi connectivity index (χ2v) is 14.0. The fourth-order valence-corrected chi connectivity index (χ4v) is 6.80. The fraction of sp³-hybridized carbons (Fsp3) is 0.667. The van der Waals surface area contributed by atoms with Crippen LogP contribution in [0.15, 0.2) is 22.5 Å². The number of unbranched alkanes of at least 4 members (excludes halogenated alkanes) is 4. The maximum Gasteiger partial charge on any atom is 0.328 e. The van der Waals surface area contributed by atoms with Crippen LogP contribution in [0.2, 0.25) is 0 Å². The Morgan fingerprint density at radius 3 is 2.65 bits per heavy atom. The van der Waals surface area contributed by atoms with Crippen LogP contribution in [0, 0.1) is 5.92 Å². The molecule has 3 N–H and O–H groups in total. The van der Waals surface area contributed by atoms with Crippen LogP contribution < -0.4 is 10.6 Å². The molecule has 0 radical (unpaired) electrons. The number of rotatable bonds is 19. The van der Waals surface area contributed by atoms with Crippen molar-refractivity contribution in [3.8, 4) is 0 Å². The van der Waals surface area contributed by atoms with Crippen molar-refractivity contribution in [3.05, 3.63) is 28.2 Å². The van der Waals surface area contributed by atoms with Gasteiger partial charge in [-0.3, -0.25) is 19.4 Å². The van der Waals surface area contributed by atoms with Crippen molar-refractivity contribution in [2.75, 3.05) is 18.6 Å². The van der Waals surface area contributed by atoms with E-state index in [-0.39, 0.29) is 35.8 Å². The van der Waals surface area contributed by atoms with Crippen LogP contribution in [-0.2, 0) is 30.5 Å². The summed E-state index contributed by atoms with van der Waals surface area (Å²) in [5.41, 5.74) is -0.426. The van der Waals surface area contributed by atoms with Crippen molar-refractivity contribution in [1.29, 1.82) is 0 Å². The number of thiazole rings is 1. The van der Waals surface area contributed by atoms with E-state index in [1.54, 1.807) is 19.1 Å². The number of ether oxygens (including phenoxy) is 1. The number of hydrogen-bond donors (Lipinski definition) is 3. The Labute approximate surface area is 267 Å². The minimum Gasteiger partial charge on any atom is -0.467 e. The lowest BCUT2D eigenvalue weighted by molar-refractivity contribution is -0.146. The molecule has 0 aliphatic carbocycles. The number of thioether (sulfide) groups is 2. The molecule has 2 amide bonds. The van der Waals surface area contributed by atoms with E-state index in [0.717, 1.165) is 12.8 Å². The van der Waals surface area contributed by atoms with Gasteiger partial charge < -0.3 is 20.5 Å². The van der Waals surface area contributed by atoms with E-state index in [0.29, 0.717) is 40.1 Å². The molecule has 240 valence electrons. The summed E-state index contributed by atoms with van der Waals surface area (Å²) in [7, 11) is 1.29.